The Balaban J connectivity index is 2.66. The summed E-state index contributed by atoms with van der Waals surface area (Å²) in [6.07, 6.45) is 0.394. The first-order chi connectivity index (χ1) is 7.52. The minimum atomic E-state index is -0.121. The Morgan fingerprint density at radius 1 is 1.56 bits per heavy atom. The second-order valence-electron chi connectivity index (χ2n) is 3.10. The lowest BCUT2D eigenvalue weighted by Crippen LogP contribution is -2.33. The molecule has 0 saturated heterocycles. The van der Waals surface area contributed by atoms with Crippen LogP contribution in [0.4, 0.5) is 11.4 Å². The molecule has 0 fully saturated rings. The van der Waals surface area contributed by atoms with Crippen molar-refractivity contribution in [3.8, 4) is 0 Å². The number of nitrogen functional groups attached to an aromatic ring is 1. The van der Waals surface area contributed by atoms with E-state index >= 15 is 0 Å². The molecule has 0 radical (unpaired) electrons. The summed E-state index contributed by atoms with van der Waals surface area (Å²) in [7, 11) is 0. The molecule has 1 aromatic carbocycles. The van der Waals surface area contributed by atoms with Gasteiger partial charge >= 0.3 is 0 Å². The highest BCUT2D eigenvalue weighted by atomic mass is 79.9. The molecular weight excluding hydrogens is 290 g/mol. The van der Waals surface area contributed by atoms with Crippen LogP contribution in [0.1, 0.15) is 13.3 Å². The van der Waals surface area contributed by atoms with Gasteiger partial charge in [0, 0.05) is 16.6 Å². The van der Waals surface area contributed by atoms with E-state index in [1.54, 1.807) is 25.1 Å². The zero-order valence-corrected chi connectivity index (χ0v) is 11.1. The molecule has 0 aliphatic heterocycles. The van der Waals surface area contributed by atoms with Crippen molar-refractivity contribution in [2.75, 3.05) is 11.1 Å². The van der Waals surface area contributed by atoms with Crippen LogP contribution in [0.15, 0.2) is 22.7 Å². The van der Waals surface area contributed by atoms with E-state index in [-0.39, 0.29) is 11.0 Å². The van der Waals surface area contributed by atoms with Crippen LogP contribution in [0.2, 0.25) is 0 Å². The van der Waals surface area contributed by atoms with Crippen molar-refractivity contribution in [2.45, 2.75) is 13.3 Å². The van der Waals surface area contributed by atoms with Gasteiger partial charge in [-0.15, -0.1) is 0 Å². The fourth-order valence-corrected chi connectivity index (χ4v) is 1.72. The number of rotatable bonds is 2. The number of carbonyl (C=O) groups excluding carboxylic acids is 1. The molecule has 0 aliphatic rings. The average molecular weight is 302 g/mol. The number of hydrogen-bond donors (Lipinski definition) is 3. The molecule has 0 unspecified atom stereocenters. The summed E-state index contributed by atoms with van der Waals surface area (Å²) in [5.74, 6) is -0.121. The molecule has 0 aromatic heterocycles. The van der Waals surface area contributed by atoms with Crippen LogP contribution in [0.25, 0.3) is 0 Å². The van der Waals surface area contributed by atoms with Gasteiger partial charge in [0.05, 0.1) is 5.69 Å². The molecule has 0 heterocycles. The molecule has 16 heavy (non-hydrogen) atoms. The fourth-order valence-electron chi connectivity index (χ4n) is 1.00. The van der Waals surface area contributed by atoms with Crippen molar-refractivity contribution in [2.24, 2.45) is 0 Å². The van der Waals surface area contributed by atoms with Crippen LogP contribution in [0.5, 0.6) is 0 Å². The minimum Gasteiger partial charge on any atom is -0.399 e. The summed E-state index contributed by atoms with van der Waals surface area (Å²) >= 11 is 8.32. The van der Waals surface area contributed by atoms with Gasteiger partial charge in [0.2, 0.25) is 5.91 Å². The summed E-state index contributed by atoms with van der Waals surface area (Å²) in [4.78, 5) is 11.1. The van der Waals surface area contributed by atoms with Gasteiger partial charge in [0.15, 0.2) is 5.11 Å². The van der Waals surface area contributed by atoms with Gasteiger partial charge in [-0.1, -0.05) is 6.92 Å². The zero-order chi connectivity index (χ0) is 12.1. The second-order valence-corrected chi connectivity index (χ2v) is 4.36. The van der Waals surface area contributed by atoms with Gasteiger partial charge in [0.25, 0.3) is 0 Å². The number of hydrogen-bond acceptors (Lipinski definition) is 3. The predicted molar refractivity (Wildman–Crippen MR) is 73.2 cm³/mol. The zero-order valence-electron chi connectivity index (χ0n) is 8.71. The maximum absolute atomic E-state index is 11.1. The van der Waals surface area contributed by atoms with Crippen LogP contribution < -0.4 is 16.4 Å². The van der Waals surface area contributed by atoms with Crippen molar-refractivity contribution in [1.29, 1.82) is 0 Å². The smallest absolute Gasteiger partial charge is 0.225 e. The predicted octanol–water partition coefficient (Wildman–Crippen LogP) is 2.25. The Bertz CT molecular complexity index is 423. The number of nitrogens with one attached hydrogen (secondary N) is 2. The van der Waals surface area contributed by atoms with E-state index in [1.807, 2.05) is 0 Å². The third-order valence-electron chi connectivity index (χ3n) is 1.82. The molecule has 4 N–H and O–H groups in total. The van der Waals surface area contributed by atoms with E-state index < -0.39 is 0 Å². The third kappa shape index (κ3) is 3.79. The van der Waals surface area contributed by atoms with E-state index in [0.29, 0.717) is 12.1 Å². The maximum Gasteiger partial charge on any atom is 0.225 e. The Morgan fingerprint density at radius 3 is 2.81 bits per heavy atom. The van der Waals surface area contributed by atoms with E-state index in [0.717, 1.165) is 10.2 Å². The molecule has 1 rings (SSSR count). The van der Waals surface area contributed by atoms with Crippen LogP contribution in [-0.2, 0) is 4.79 Å². The normalized spacial score (nSPS) is 9.62. The number of nitrogens with two attached hydrogens (primary N) is 1. The first kappa shape index (κ1) is 12.9. The molecule has 1 aromatic rings. The van der Waals surface area contributed by atoms with Gasteiger partial charge in [-0.25, -0.2) is 0 Å². The molecule has 0 spiro atoms. The standard InChI is InChI=1S/C10H12BrN3OS/c1-2-9(15)14-10(16)13-8-4-3-6(12)5-7(8)11/h3-5H,2,12H2,1H3,(H2,13,14,15,16). The van der Waals surface area contributed by atoms with Gasteiger partial charge in [-0.3, -0.25) is 4.79 Å². The Morgan fingerprint density at radius 2 is 2.25 bits per heavy atom. The first-order valence-electron chi connectivity index (χ1n) is 4.68. The summed E-state index contributed by atoms with van der Waals surface area (Å²) in [5, 5.41) is 5.72. The van der Waals surface area contributed by atoms with Crippen molar-refractivity contribution in [3.05, 3.63) is 22.7 Å². The monoisotopic (exact) mass is 301 g/mol. The van der Waals surface area contributed by atoms with Crippen LogP contribution in [0, 0.1) is 0 Å². The lowest BCUT2D eigenvalue weighted by Gasteiger charge is -2.10. The summed E-state index contributed by atoms with van der Waals surface area (Å²) in [6.45, 7) is 1.76. The quantitative estimate of drug-likeness (QED) is 0.579. The van der Waals surface area contributed by atoms with Crippen LogP contribution >= 0.6 is 28.1 Å². The summed E-state index contributed by atoms with van der Waals surface area (Å²) in [6, 6.07) is 5.29. The second kappa shape index (κ2) is 5.81. The van der Waals surface area contributed by atoms with Gasteiger partial charge in [-0.05, 0) is 46.3 Å². The summed E-state index contributed by atoms with van der Waals surface area (Å²) < 4.78 is 0.792. The Hall–Kier alpha value is -1.14. The summed E-state index contributed by atoms with van der Waals surface area (Å²) in [5.41, 5.74) is 7.01. The fraction of sp³-hybridized carbons (Fsp3) is 0.200. The highest BCUT2D eigenvalue weighted by Crippen LogP contribution is 2.24. The minimum absolute atomic E-state index is 0.121. The third-order valence-corrected chi connectivity index (χ3v) is 2.68. The molecule has 0 atom stereocenters. The molecule has 0 saturated carbocycles. The maximum atomic E-state index is 11.1. The largest absolute Gasteiger partial charge is 0.399 e. The molecule has 1 amide bonds. The topological polar surface area (TPSA) is 67.2 Å². The number of halogens is 1. The molecule has 86 valence electrons. The number of carbonyl (C=O) groups is 1. The van der Waals surface area contributed by atoms with Crippen LogP contribution in [0.3, 0.4) is 0 Å². The van der Waals surface area contributed by atoms with E-state index in [2.05, 4.69) is 26.6 Å². The lowest BCUT2D eigenvalue weighted by molar-refractivity contribution is -0.119. The average Bonchev–Trinajstić information content (AvgIpc) is 2.22. The molecule has 4 nitrogen and oxygen atoms in total. The van der Waals surface area contributed by atoms with E-state index in [1.165, 1.54) is 0 Å². The highest BCUT2D eigenvalue weighted by molar-refractivity contribution is 9.10. The van der Waals surface area contributed by atoms with E-state index in [4.69, 9.17) is 18.0 Å². The van der Waals surface area contributed by atoms with Crippen LogP contribution in [-0.4, -0.2) is 11.0 Å². The number of anilines is 2. The van der Waals surface area contributed by atoms with Gasteiger partial charge < -0.3 is 16.4 Å². The van der Waals surface area contributed by atoms with Crippen molar-refractivity contribution < 1.29 is 4.79 Å². The highest BCUT2D eigenvalue weighted by Gasteiger charge is 2.04. The Labute approximate surface area is 108 Å². The molecule has 6 heteroatoms. The molecule has 0 bridgehead atoms. The number of benzene rings is 1. The molecule has 0 aliphatic carbocycles. The SMILES string of the molecule is CCC(=O)NC(=S)Nc1ccc(N)cc1Br. The molecular formula is C10H12BrN3OS. The van der Waals surface area contributed by atoms with E-state index in [9.17, 15) is 4.79 Å². The number of thiocarbonyl (C=S) groups is 1. The van der Waals surface area contributed by atoms with Crippen molar-refractivity contribution in [1.82, 2.24) is 5.32 Å². The van der Waals surface area contributed by atoms with Gasteiger partial charge in [0.1, 0.15) is 0 Å². The van der Waals surface area contributed by atoms with Gasteiger partial charge in [-0.2, -0.15) is 0 Å². The Kier molecular flexibility index (Phi) is 4.70. The lowest BCUT2D eigenvalue weighted by atomic mass is 10.3. The van der Waals surface area contributed by atoms with Crippen molar-refractivity contribution >= 4 is 50.5 Å². The van der Waals surface area contributed by atoms with Crippen molar-refractivity contribution in [3.63, 3.8) is 0 Å². The number of amides is 1. The first-order valence-corrected chi connectivity index (χ1v) is 5.89.